The van der Waals surface area contributed by atoms with Crippen LogP contribution in [0.5, 0.6) is 0 Å². The fourth-order valence-corrected chi connectivity index (χ4v) is 4.50. The van der Waals surface area contributed by atoms with E-state index in [4.69, 9.17) is 0 Å². The Kier molecular flexibility index (Phi) is 4.51. The van der Waals surface area contributed by atoms with Crippen molar-refractivity contribution in [1.29, 1.82) is 0 Å². The number of fused-ring (bicyclic) bond motifs is 1. The van der Waals surface area contributed by atoms with Crippen LogP contribution in [-0.4, -0.2) is 53.5 Å². The number of nitrogens with one attached hydrogen (secondary N) is 1. The predicted molar refractivity (Wildman–Crippen MR) is 123 cm³/mol. The molecule has 0 radical (unpaired) electrons. The first-order chi connectivity index (χ1) is 15.5. The third kappa shape index (κ3) is 3.55. The van der Waals surface area contributed by atoms with E-state index in [1.54, 1.807) is 10.9 Å². The Morgan fingerprint density at radius 3 is 2.75 bits per heavy atom. The number of hydrogen-bond donors (Lipinski definition) is 2. The van der Waals surface area contributed by atoms with E-state index >= 15 is 0 Å². The first-order valence-electron chi connectivity index (χ1n) is 11.2. The van der Waals surface area contributed by atoms with E-state index in [0.29, 0.717) is 12.0 Å². The monoisotopic (exact) mass is 429 g/mol. The van der Waals surface area contributed by atoms with Crippen molar-refractivity contribution in [2.75, 3.05) is 18.4 Å². The van der Waals surface area contributed by atoms with Crippen LogP contribution in [0.4, 0.5) is 11.6 Å². The van der Waals surface area contributed by atoms with E-state index in [1.165, 1.54) is 29.3 Å². The molecule has 0 atom stereocenters. The van der Waals surface area contributed by atoms with E-state index in [0.717, 1.165) is 42.4 Å². The Labute approximate surface area is 186 Å². The summed E-state index contributed by atoms with van der Waals surface area (Å²) in [6.07, 6.45) is 8.39. The molecule has 6 rings (SSSR count). The van der Waals surface area contributed by atoms with Gasteiger partial charge in [0.1, 0.15) is 0 Å². The molecule has 0 amide bonds. The Balaban J connectivity index is 1.23. The molecule has 32 heavy (non-hydrogen) atoms. The van der Waals surface area contributed by atoms with Crippen molar-refractivity contribution < 1.29 is 5.11 Å². The summed E-state index contributed by atoms with van der Waals surface area (Å²) < 4.78 is 4.21. The number of aryl methyl sites for hydroxylation is 2. The molecule has 0 spiro atoms. The van der Waals surface area contributed by atoms with Crippen molar-refractivity contribution in [1.82, 2.24) is 29.2 Å². The van der Waals surface area contributed by atoms with E-state index < -0.39 is 0 Å². The van der Waals surface area contributed by atoms with Gasteiger partial charge in [-0.3, -0.25) is 4.90 Å². The number of aliphatic hydroxyl groups excluding tert-OH is 1. The van der Waals surface area contributed by atoms with Crippen molar-refractivity contribution in [2.24, 2.45) is 0 Å². The quantitative estimate of drug-likeness (QED) is 0.488. The van der Waals surface area contributed by atoms with E-state index in [2.05, 4.69) is 61.2 Å². The van der Waals surface area contributed by atoms with Crippen LogP contribution in [0, 0.1) is 13.8 Å². The lowest BCUT2D eigenvalue weighted by Gasteiger charge is -2.35. The van der Waals surface area contributed by atoms with Gasteiger partial charge in [-0.15, -0.1) is 0 Å². The van der Waals surface area contributed by atoms with Gasteiger partial charge in [-0.1, -0.05) is 0 Å². The van der Waals surface area contributed by atoms with Crippen LogP contribution in [0.25, 0.3) is 16.7 Å². The lowest BCUT2D eigenvalue weighted by molar-refractivity contribution is -0.00297. The average Bonchev–Trinajstić information content (AvgIpc) is 3.47. The van der Waals surface area contributed by atoms with Gasteiger partial charge in [0.05, 0.1) is 11.8 Å². The number of hydrogen-bond acceptors (Lipinski definition) is 6. The summed E-state index contributed by atoms with van der Waals surface area (Å²) in [5.74, 6) is 1.26. The molecule has 1 aliphatic carbocycles. The van der Waals surface area contributed by atoms with Crippen LogP contribution >= 0.6 is 0 Å². The summed E-state index contributed by atoms with van der Waals surface area (Å²) in [5, 5.41) is 18.8. The number of aliphatic hydroxyl groups is 1. The highest BCUT2D eigenvalue weighted by Crippen LogP contribution is 2.39. The highest BCUT2D eigenvalue weighted by molar-refractivity contribution is 5.87. The lowest BCUT2D eigenvalue weighted by Crippen LogP contribution is -2.49. The number of likely N-dealkylation sites (tertiary alicyclic amines) is 1. The SMILES string of the molecule is Cc1nn(-c2ccnc(Nc3ccc4c(c3)c(C)cn4C3CC3)n2)cc1CN1CC(O)C1. The van der Waals surface area contributed by atoms with Crippen molar-refractivity contribution >= 4 is 22.5 Å². The number of anilines is 2. The zero-order chi connectivity index (χ0) is 21.8. The Hall–Kier alpha value is -3.23. The molecule has 2 N–H and O–H groups in total. The zero-order valence-electron chi connectivity index (χ0n) is 18.4. The molecule has 2 aliphatic rings. The number of aromatic nitrogens is 5. The van der Waals surface area contributed by atoms with Gasteiger partial charge in [-0.2, -0.15) is 10.1 Å². The summed E-state index contributed by atoms with van der Waals surface area (Å²) in [7, 11) is 0. The number of rotatable bonds is 6. The van der Waals surface area contributed by atoms with Crippen LogP contribution in [0.3, 0.4) is 0 Å². The van der Waals surface area contributed by atoms with E-state index in [1.807, 2.05) is 19.2 Å². The third-order valence-electron chi connectivity index (χ3n) is 6.44. The normalized spacial score (nSPS) is 17.1. The molecule has 3 aromatic heterocycles. The van der Waals surface area contributed by atoms with E-state index in [9.17, 15) is 5.11 Å². The van der Waals surface area contributed by atoms with Crippen molar-refractivity contribution in [3.8, 4) is 5.82 Å². The van der Waals surface area contributed by atoms with Crippen LogP contribution in [0.1, 0.15) is 35.7 Å². The largest absolute Gasteiger partial charge is 0.390 e. The molecule has 1 aromatic carbocycles. The topological polar surface area (TPSA) is 84.0 Å². The summed E-state index contributed by atoms with van der Waals surface area (Å²) in [5.41, 5.74) is 5.67. The maximum absolute atomic E-state index is 9.51. The van der Waals surface area contributed by atoms with Crippen LogP contribution in [0.2, 0.25) is 0 Å². The van der Waals surface area contributed by atoms with Gasteiger partial charge in [0.2, 0.25) is 5.95 Å². The second kappa shape index (κ2) is 7.43. The summed E-state index contributed by atoms with van der Waals surface area (Å²) >= 11 is 0. The Morgan fingerprint density at radius 2 is 1.97 bits per heavy atom. The minimum Gasteiger partial charge on any atom is -0.390 e. The van der Waals surface area contributed by atoms with Gasteiger partial charge >= 0.3 is 0 Å². The summed E-state index contributed by atoms with van der Waals surface area (Å²) in [4.78, 5) is 11.3. The first kappa shape index (κ1) is 19.5. The molecule has 1 aliphatic heterocycles. The molecule has 164 valence electrons. The van der Waals surface area contributed by atoms with Crippen molar-refractivity contribution in [3.05, 3.63) is 59.7 Å². The predicted octanol–water partition coefficient (Wildman–Crippen LogP) is 3.49. The van der Waals surface area contributed by atoms with Crippen LogP contribution in [0.15, 0.2) is 42.9 Å². The lowest BCUT2D eigenvalue weighted by atomic mass is 10.1. The molecule has 0 unspecified atom stereocenters. The van der Waals surface area contributed by atoms with Gasteiger partial charge in [0, 0.05) is 72.5 Å². The van der Waals surface area contributed by atoms with Gasteiger partial charge in [-0.25, -0.2) is 9.67 Å². The minimum absolute atomic E-state index is 0.198. The van der Waals surface area contributed by atoms with Crippen molar-refractivity contribution in [2.45, 2.75) is 45.4 Å². The molecule has 2 fully saturated rings. The Bertz CT molecular complexity index is 1300. The van der Waals surface area contributed by atoms with Gasteiger partial charge in [-0.05, 0) is 50.5 Å². The third-order valence-corrected chi connectivity index (χ3v) is 6.44. The molecular formula is C24H27N7O. The smallest absolute Gasteiger partial charge is 0.229 e. The first-order valence-corrected chi connectivity index (χ1v) is 11.2. The maximum Gasteiger partial charge on any atom is 0.229 e. The number of β-amino-alcohol motifs (C(OH)–C–C–N with tert-alkyl or cyclic N) is 1. The maximum atomic E-state index is 9.51. The highest BCUT2D eigenvalue weighted by Gasteiger charge is 2.26. The summed E-state index contributed by atoms with van der Waals surface area (Å²) in [6.45, 7) is 6.41. The summed E-state index contributed by atoms with van der Waals surface area (Å²) in [6, 6.07) is 8.98. The molecular weight excluding hydrogens is 402 g/mol. The molecule has 8 heteroatoms. The fraction of sp³-hybridized carbons (Fsp3) is 0.375. The Morgan fingerprint density at radius 1 is 1.12 bits per heavy atom. The average molecular weight is 430 g/mol. The van der Waals surface area contributed by atoms with Gasteiger partial charge < -0.3 is 15.0 Å². The van der Waals surface area contributed by atoms with Crippen molar-refractivity contribution in [3.63, 3.8) is 0 Å². The molecule has 4 aromatic rings. The second-order valence-electron chi connectivity index (χ2n) is 9.08. The molecule has 4 heterocycles. The fourth-order valence-electron chi connectivity index (χ4n) is 4.50. The standard InChI is InChI=1S/C24H27N7O/c1-15-10-30(19-4-5-19)22-6-3-18(9-21(15)22)26-24-25-8-7-23(27-24)31-12-17(16(2)28-31)11-29-13-20(32)14-29/h3,6-10,12,19-20,32H,4-5,11,13-14H2,1-2H3,(H,25,26,27). The molecule has 1 saturated heterocycles. The highest BCUT2D eigenvalue weighted by atomic mass is 16.3. The number of benzene rings is 1. The van der Waals surface area contributed by atoms with Gasteiger partial charge in [0.15, 0.2) is 5.82 Å². The van der Waals surface area contributed by atoms with Crippen LogP contribution < -0.4 is 5.32 Å². The zero-order valence-corrected chi connectivity index (χ0v) is 18.4. The molecule has 8 nitrogen and oxygen atoms in total. The minimum atomic E-state index is -0.198. The van der Waals surface area contributed by atoms with E-state index in [-0.39, 0.29) is 6.10 Å². The van der Waals surface area contributed by atoms with Crippen LogP contribution in [-0.2, 0) is 6.54 Å². The molecule has 1 saturated carbocycles. The molecule has 0 bridgehead atoms. The number of nitrogens with zero attached hydrogens (tertiary/aromatic N) is 6. The second-order valence-corrected chi connectivity index (χ2v) is 9.08. The van der Waals surface area contributed by atoms with Gasteiger partial charge in [0.25, 0.3) is 0 Å².